The van der Waals surface area contributed by atoms with Crippen molar-refractivity contribution in [2.45, 2.75) is 25.8 Å². The molecular weight excluding hydrogens is 393 g/mol. The molecule has 1 atom stereocenters. The summed E-state index contributed by atoms with van der Waals surface area (Å²) in [5.74, 6) is -0.951. The van der Waals surface area contributed by atoms with Gasteiger partial charge in [0.2, 0.25) is 0 Å². The van der Waals surface area contributed by atoms with E-state index in [1.165, 1.54) is 12.1 Å². The van der Waals surface area contributed by atoms with Gasteiger partial charge >= 0.3 is 0 Å². The van der Waals surface area contributed by atoms with Crippen molar-refractivity contribution in [1.29, 1.82) is 10.5 Å². The standard InChI is InChI=1S/C24H28FN5O/c1-18(2)15-28-23(21(13-26)14-27)24(17-30-7-9-31-10-8-30)12-20(16-29-24)11-19-3-5-22(25)6-4-19/h3-6,12,16,18,21H,7-11,15,17H2,1-2H3. The maximum absolute atomic E-state index is 13.3. The summed E-state index contributed by atoms with van der Waals surface area (Å²) in [5.41, 5.74) is 1.58. The molecule has 0 saturated carbocycles. The van der Waals surface area contributed by atoms with Gasteiger partial charge in [-0.05, 0) is 41.7 Å². The molecule has 6 nitrogen and oxygen atoms in total. The summed E-state index contributed by atoms with van der Waals surface area (Å²) < 4.78 is 18.7. The van der Waals surface area contributed by atoms with Crippen LogP contribution in [0.4, 0.5) is 4.39 Å². The van der Waals surface area contributed by atoms with Gasteiger partial charge in [-0.1, -0.05) is 26.0 Å². The van der Waals surface area contributed by atoms with Crippen molar-refractivity contribution in [3.63, 3.8) is 0 Å². The fourth-order valence-electron chi connectivity index (χ4n) is 3.83. The molecule has 7 heteroatoms. The van der Waals surface area contributed by atoms with Crippen LogP contribution < -0.4 is 0 Å². The first-order chi connectivity index (χ1) is 15.0. The molecule has 0 amide bonds. The van der Waals surface area contributed by atoms with Gasteiger partial charge in [0.1, 0.15) is 11.4 Å². The van der Waals surface area contributed by atoms with Crippen molar-refractivity contribution >= 4 is 11.9 Å². The molecule has 0 N–H and O–H groups in total. The predicted octanol–water partition coefficient (Wildman–Crippen LogP) is 3.21. The van der Waals surface area contributed by atoms with E-state index in [0.29, 0.717) is 44.4 Å². The number of rotatable bonds is 8. The monoisotopic (exact) mass is 421 g/mol. The quantitative estimate of drug-likeness (QED) is 0.603. The lowest BCUT2D eigenvalue weighted by Crippen LogP contribution is -2.51. The second kappa shape index (κ2) is 10.4. The van der Waals surface area contributed by atoms with Crippen molar-refractivity contribution < 1.29 is 9.13 Å². The Morgan fingerprint density at radius 2 is 1.90 bits per heavy atom. The first-order valence-electron chi connectivity index (χ1n) is 10.6. The molecule has 0 aliphatic carbocycles. The van der Waals surface area contributed by atoms with Gasteiger partial charge in [0.15, 0.2) is 5.92 Å². The number of halogens is 1. The summed E-state index contributed by atoms with van der Waals surface area (Å²) >= 11 is 0. The lowest BCUT2D eigenvalue weighted by Gasteiger charge is -2.35. The van der Waals surface area contributed by atoms with Crippen molar-refractivity contribution in [3.05, 3.63) is 47.3 Å². The second-order valence-electron chi connectivity index (χ2n) is 8.40. The maximum atomic E-state index is 13.3. The molecule has 2 aliphatic heterocycles. The molecule has 1 unspecified atom stereocenters. The number of hydrogen-bond acceptors (Lipinski definition) is 6. The highest BCUT2D eigenvalue weighted by atomic mass is 19.1. The molecule has 31 heavy (non-hydrogen) atoms. The first kappa shape index (κ1) is 22.8. The highest BCUT2D eigenvalue weighted by Crippen LogP contribution is 2.30. The molecule has 2 aliphatic rings. The third kappa shape index (κ3) is 5.85. The Balaban J connectivity index is 1.98. The molecule has 1 saturated heterocycles. The minimum Gasteiger partial charge on any atom is -0.379 e. The van der Waals surface area contributed by atoms with E-state index in [9.17, 15) is 14.9 Å². The Morgan fingerprint density at radius 1 is 1.23 bits per heavy atom. The Bertz CT molecular complexity index is 918. The van der Waals surface area contributed by atoms with Gasteiger partial charge in [-0.15, -0.1) is 0 Å². The number of hydrogen-bond donors (Lipinski definition) is 0. The van der Waals surface area contributed by atoms with E-state index in [0.717, 1.165) is 24.2 Å². The highest BCUT2D eigenvalue weighted by Gasteiger charge is 2.42. The Kier molecular flexibility index (Phi) is 7.68. The summed E-state index contributed by atoms with van der Waals surface area (Å²) in [7, 11) is 0. The predicted molar refractivity (Wildman–Crippen MR) is 119 cm³/mol. The van der Waals surface area contributed by atoms with Gasteiger partial charge in [0.05, 0.1) is 31.1 Å². The Morgan fingerprint density at radius 3 is 2.52 bits per heavy atom. The fourth-order valence-corrected chi connectivity index (χ4v) is 3.83. The molecular formula is C24H28FN5O. The van der Waals surface area contributed by atoms with Crippen molar-refractivity contribution in [2.75, 3.05) is 39.4 Å². The number of nitriles is 2. The Labute approximate surface area is 183 Å². The van der Waals surface area contributed by atoms with Crippen LogP contribution in [0.3, 0.4) is 0 Å². The summed E-state index contributed by atoms with van der Waals surface area (Å²) in [4.78, 5) is 11.8. The minimum atomic E-state index is -0.974. The molecule has 0 bridgehead atoms. The second-order valence-corrected chi connectivity index (χ2v) is 8.40. The number of benzene rings is 1. The van der Waals surface area contributed by atoms with Crippen molar-refractivity contribution in [3.8, 4) is 12.1 Å². The normalized spacial score (nSPS) is 21.9. The van der Waals surface area contributed by atoms with Crippen LogP contribution in [0, 0.1) is 40.3 Å². The molecule has 1 aromatic rings. The van der Waals surface area contributed by atoms with Crippen LogP contribution in [-0.2, 0) is 11.2 Å². The van der Waals surface area contributed by atoms with E-state index < -0.39 is 11.5 Å². The first-order valence-corrected chi connectivity index (χ1v) is 10.6. The number of morpholine rings is 1. The molecule has 1 aromatic carbocycles. The lowest BCUT2D eigenvalue weighted by molar-refractivity contribution is 0.0347. The molecule has 1 fully saturated rings. The van der Waals surface area contributed by atoms with Crippen LogP contribution in [0.25, 0.3) is 0 Å². The molecule has 0 aromatic heterocycles. The zero-order valence-electron chi connectivity index (χ0n) is 18.1. The fraction of sp³-hybridized carbons (Fsp3) is 0.500. The van der Waals surface area contributed by atoms with E-state index in [-0.39, 0.29) is 5.82 Å². The molecule has 3 rings (SSSR count). The molecule has 2 heterocycles. The third-order valence-corrected chi connectivity index (χ3v) is 5.38. The number of ether oxygens (including phenoxy) is 1. The molecule has 0 radical (unpaired) electrons. The topological polar surface area (TPSA) is 84.8 Å². The van der Waals surface area contributed by atoms with Crippen LogP contribution in [0.15, 0.2) is 45.9 Å². The van der Waals surface area contributed by atoms with Gasteiger partial charge in [0.25, 0.3) is 0 Å². The molecule has 162 valence electrons. The maximum Gasteiger partial charge on any atom is 0.173 e. The van der Waals surface area contributed by atoms with Crippen LogP contribution in [0.1, 0.15) is 19.4 Å². The van der Waals surface area contributed by atoms with Crippen LogP contribution >= 0.6 is 0 Å². The van der Waals surface area contributed by atoms with E-state index in [1.807, 2.05) is 6.08 Å². The average Bonchev–Trinajstić information content (AvgIpc) is 3.16. The summed E-state index contributed by atoms with van der Waals surface area (Å²) in [6, 6.07) is 10.6. The van der Waals surface area contributed by atoms with E-state index in [1.54, 1.807) is 18.3 Å². The summed E-state index contributed by atoms with van der Waals surface area (Å²) in [5, 5.41) is 19.3. The SMILES string of the molecule is CC(C)CN=C(C(C#N)C#N)C1(CN2CCOCC2)C=C(Cc2ccc(F)cc2)C=N1. The van der Waals surface area contributed by atoms with Crippen LogP contribution in [0.2, 0.25) is 0 Å². The van der Waals surface area contributed by atoms with Crippen LogP contribution in [-0.4, -0.2) is 61.8 Å². The summed E-state index contributed by atoms with van der Waals surface area (Å²) in [6.45, 7) is 7.98. The van der Waals surface area contributed by atoms with Crippen molar-refractivity contribution in [2.24, 2.45) is 21.8 Å². The number of aliphatic imine (C=N–C) groups is 2. The lowest BCUT2D eigenvalue weighted by atomic mass is 9.84. The zero-order valence-corrected chi connectivity index (χ0v) is 18.1. The number of nitrogens with zero attached hydrogens (tertiary/aromatic N) is 5. The van der Waals surface area contributed by atoms with Gasteiger partial charge in [-0.3, -0.25) is 14.9 Å². The van der Waals surface area contributed by atoms with E-state index >= 15 is 0 Å². The highest BCUT2D eigenvalue weighted by molar-refractivity contribution is 6.05. The van der Waals surface area contributed by atoms with Gasteiger partial charge in [-0.2, -0.15) is 10.5 Å². The third-order valence-electron chi connectivity index (χ3n) is 5.38. The largest absolute Gasteiger partial charge is 0.379 e. The summed E-state index contributed by atoms with van der Waals surface area (Å²) in [6.07, 6.45) is 4.43. The van der Waals surface area contributed by atoms with Crippen LogP contribution in [0.5, 0.6) is 0 Å². The average molecular weight is 422 g/mol. The number of allylic oxidation sites excluding steroid dienone is 1. The molecule has 0 spiro atoms. The van der Waals surface area contributed by atoms with E-state index in [2.05, 4.69) is 30.9 Å². The van der Waals surface area contributed by atoms with Gasteiger partial charge < -0.3 is 4.74 Å². The smallest absolute Gasteiger partial charge is 0.173 e. The Hall–Kier alpha value is -2.87. The van der Waals surface area contributed by atoms with Gasteiger partial charge in [-0.25, -0.2) is 4.39 Å². The minimum absolute atomic E-state index is 0.270. The van der Waals surface area contributed by atoms with E-state index in [4.69, 9.17) is 14.7 Å². The zero-order chi connectivity index (χ0) is 22.3. The van der Waals surface area contributed by atoms with Gasteiger partial charge in [0, 0.05) is 32.4 Å². The van der Waals surface area contributed by atoms with Crippen molar-refractivity contribution in [1.82, 2.24) is 4.90 Å².